The highest BCUT2D eigenvalue weighted by molar-refractivity contribution is 5.81. The maximum absolute atomic E-state index is 11.7. The van der Waals surface area contributed by atoms with Crippen molar-refractivity contribution >= 4 is 29.4 Å². The zero-order valence-electron chi connectivity index (χ0n) is 24.3. The number of hydrogen-bond acceptors (Lipinski definition) is 11. The minimum atomic E-state index is -0.300. The number of benzene rings is 1. The second kappa shape index (κ2) is 14.5. The fraction of sp³-hybridized carbons (Fsp3) is 0.452. The summed E-state index contributed by atoms with van der Waals surface area (Å²) in [5.41, 5.74) is 0. The predicted molar refractivity (Wildman–Crippen MR) is 162 cm³/mol. The Labute approximate surface area is 246 Å². The van der Waals surface area contributed by atoms with Crippen LogP contribution in [-0.4, -0.2) is 71.4 Å². The van der Waals surface area contributed by atoms with E-state index in [0.717, 1.165) is 68.5 Å². The Kier molecular flexibility index (Phi) is 10.0. The summed E-state index contributed by atoms with van der Waals surface area (Å²) in [6.45, 7) is 7.98. The van der Waals surface area contributed by atoms with E-state index in [1.807, 2.05) is 43.3 Å². The minimum Gasteiger partial charge on any atom is -0.490 e. The maximum Gasteiger partial charge on any atom is 0.330 e. The van der Waals surface area contributed by atoms with E-state index < -0.39 is 0 Å². The molecule has 42 heavy (non-hydrogen) atoms. The summed E-state index contributed by atoms with van der Waals surface area (Å²) < 4.78 is 17.1. The molecule has 2 aromatic heterocycles. The van der Waals surface area contributed by atoms with Crippen LogP contribution in [0.4, 0.5) is 23.4 Å². The molecule has 1 aromatic carbocycles. The molecule has 0 bridgehead atoms. The van der Waals surface area contributed by atoms with Gasteiger partial charge in [0.25, 0.3) is 0 Å². The lowest BCUT2D eigenvalue weighted by Gasteiger charge is -2.33. The first kappa shape index (κ1) is 29.1. The lowest BCUT2D eigenvalue weighted by molar-refractivity contribution is -0.137. The first-order chi connectivity index (χ1) is 20.6. The molecular weight excluding hydrogens is 534 g/mol. The van der Waals surface area contributed by atoms with Crippen molar-refractivity contribution in [2.45, 2.75) is 45.6 Å². The molecule has 0 unspecified atom stereocenters. The van der Waals surface area contributed by atoms with Gasteiger partial charge in [-0.05, 0) is 63.6 Å². The Morgan fingerprint density at radius 1 is 0.976 bits per heavy atom. The fourth-order valence-electron chi connectivity index (χ4n) is 5.29. The average Bonchev–Trinajstić information content (AvgIpc) is 3.02. The largest absolute Gasteiger partial charge is 0.490 e. The summed E-state index contributed by atoms with van der Waals surface area (Å²) >= 11 is 0. The van der Waals surface area contributed by atoms with E-state index in [1.54, 1.807) is 25.5 Å². The van der Waals surface area contributed by atoms with E-state index >= 15 is 0 Å². The molecule has 2 saturated heterocycles. The lowest BCUT2D eigenvalue weighted by atomic mass is 9.97. The lowest BCUT2D eigenvalue weighted by Crippen LogP contribution is -2.41. The van der Waals surface area contributed by atoms with Gasteiger partial charge in [0.2, 0.25) is 5.95 Å². The van der Waals surface area contributed by atoms with Gasteiger partial charge in [0.15, 0.2) is 17.3 Å². The molecular formula is C31H39N7O4. The van der Waals surface area contributed by atoms with Crippen molar-refractivity contribution in [3.05, 3.63) is 61.1 Å². The van der Waals surface area contributed by atoms with Gasteiger partial charge in [-0.15, -0.1) is 0 Å². The first-order valence-electron chi connectivity index (χ1n) is 14.8. The van der Waals surface area contributed by atoms with Gasteiger partial charge in [-0.1, -0.05) is 18.2 Å². The fourth-order valence-corrected chi connectivity index (χ4v) is 5.29. The second-order valence-electron chi connectivity index (χ2n) is 10.3. The molecule has 0 radical (unpaired) electrons. The van der Waals surface area contributed by atoms with Gasteiger partial charge >= 0.3 is 5.97 Å². The van der Waals surface area contributed by atoms with Crippen LogP contribution in [0.15, 0.2) is 61.1 Å². The first-order valence-corrected chi connectivity index (χ1v) is 14.8. The highest BCUT2D eigenvalue weighted by Gasteiger charge is 2.24. The number of aromatic nitrogens is 4. The number of hydrogen-bond donors (Lipinski definition) is 1. The molecule has 11 heteroatoms. The molecule has 222 valence electrons. The molecule has 1 N–H and O–H groups in total. The van der Waals surface area contributed by atoms with E-state index in [0.29, 0.717) is 31.5 Å². The van der Waals surface area contributed by atoms with Crippen LogP contribution in [0.1, 0.15) is 39.5 Å². The number of carbonyl (C=O) groups excluding carboxylic acids is 1. The van der Waals surface area contributed by atoms with Gasteiger partial charge in [0.1, 0.15) is 17.7 Å². The average molecular weight is 574 g/mol. The molecule has 2 fully saturated rings. The van der Waals surface area contributed by atoms with Gasteiger partial charge in [0.05, 0.1) is 32.2 Å². The van der Waals surface area contributed by atoms with Gasteiger partial charge in [-0.25, -0.2) is 14.8 Å². The molecule has 0 saturated carbocycles. The van der Waals surface area contributed by atoms with Crippen LogP contribution in [0.3, 0.4) is 0 Å². The molecule has 0 aliphatic carbocycles. The Hall–Kier alpha value is -4.41. The number of nitrogens with one attached hydrogen (secondary N) is 1. The molecule has 3 aromatic rings. The highest BCUT2D eigenvalue weighted by atomic mass is 16.5. The number of rotatable bonds is 11. The molecule has 5 rings (SSSR count). The molecule has 2 aliphatic rings. The highest BCUT2D eigenvalue weighted by Crippen LogP contribution is 2.30. The summed E-state index contributed by atoms with van der Waals surface area (Å²) in [4.78, 5) is 34.6. The summed E-state index contributed by atoms with van der Waals surface area (Å²) in [6, 6.07) is 9.70. The number of nitrogens with zero attached hydrogens (tertiary/aromatic N) is 6. The third kappa shape index (κ3) is 7.86. The number of anilines is 4. The number of ether oxygens (including phenoxy) is 3. The Bertz CT molecular complexity index is 1350. The molecule has 2 atom stereocenters. The van der Waals surface area contributed by atoms with Crippen molar-refractivity contribution in [1.29, 1.82) is 0 Å². The zero-order chi connectivity index (χ0) is 29.1. The Morgan fingerprint density at radius 2 is 1.79 bits per heavy atom. The van der Waals surface area contributed by atoms with Gasteiger partial charge in [-0.2, -0.15) is 4.98 Å². The third-order valence-corrected chi connectivity index (χ3v) is 7.22. The van der Waals surface area contributed by atoms with E-state index in [9.17, 15) is 4.79 Å². The van der Waals surface area contributed by atoms with Crippen LogP contribution < -0.4 is 24.6 Å². The topological polar surface area (TPSA) is 115 Å². The molecule has 4 heterocycles. The quantitative estimate of drug-likeness (QED) is 0.252. The smallest absolute Gasteiger partial charge is 0.330 e. The van der Waals surface area contributed by atoms with Crippen molar-refractivity contribution < 1.29 is 19.0 Å². The van der Waals surface area contributed by atoms with E-state index in [-0.39, 0.29) is 18.0 Å². The van der Waals surface area contributed by atoms with Crippen molar-refractivity contribution in [3.8, 4) is 11.5 Å². The molecule has 2 aliphatic heterocycles. The van der Waals surface area contributed by atoms with E-state index in [4.69, 9.17) is 24.2 Å². The van der Waals surface area contributed by atoms with Crippen molar-refractivity contribution in [2.75, 3.05) is 54.5 Å². The molecule has 11 nitrogen and oxygen atoms in total. The standard InChI is InChI=1S/C31H39N7O4/c1-3-40-25-11-5-6-12-26(25)42-24-10-8-18-38(22-24)29-20-32-19-27(34-29)35-31-33-16-15-28(36-31)37-17-7-9-23(21-37)13-14-30(39)41-4-2/h5-6,11-16,19-20,23-24H,3-4,7-10,17-18,21-22H2,1-2H3,(H,33,34,35,36)/b14-13+/t23-,24+/m0/s1. The van der Waals surface area contributed by atoms with Crippen LogP contribution in [0.2, 0.25) is 0 Å². The molecule has 0 spiro atoms. The van der Waals surface area contributed by atoms with Gasteiger partial charge in [0, 0.05) is 31.9 Å². The summed E-state index contributed by atoms with van der Waals surface area (Å²) in [6.07, 6.45) is 12.7. The summed E-state index contributed by atoms with van der Waals surface area (Å²) in [5.74, 6) is 4.11. The van der Waals surface area contributed by atoms with Crippen LogP contribution in [0.25, 0.3) is 0 Å². The van der Waals surface area contributed by atoms with Crippen molar-refractivity contribution in [2.24, 2.45) is 5.92 Å². The van der Waals surface area contributed by atoms with E-state index in [1.165, 1.54) is 6.08 Å². The van der Waals surface area contributed by atoms with Gasteiger partial charge < -0.3 is 29.3 Å². The third-order valence-electron chi connectivity index (χ3n) is 7.22. The minimum absolute atomic E-state index is 0.0132. The second-order valence-corrected chi connectivity index (χ2v) is 10.3. The normalized spacial score (nSPS) is 19.0. The van der Waals surface area contributed by atoms with Crippen molar-refractivity contribution in [1.82, 2.24) is 19.9 Å². The summed E-state index contributed by atoms with van der Waals surface area (Å²) in [5, 5.41) is 3.23. The van der Waals surface area contributed by atoms with Gasteiger partial charge in [-0.3, -0.25) is 4.98 Å². The monoisotopic (exact) mass is 573 g/mol. The number of piperidine rings is 2. The molecule has 0 amide bonds. The number of para-hydroxylation sites is 2. The number of carbonyl (C=O) groups is 1. The predicted octanol–water partition coefficient (Wildman–Crippen LogP) is 4.79. The van der Waals surface area contributed by atoms with Crippen LogP contribution in [0, 0.1) is 5.92 Å². The number of esters is 1. The van der Waals surface area contributed by atoms with Crippen LogP contribution >= 0.6 is 0 Å². The Balaban J connectivity index is 1.21. The van der Waals surface area contributed by atoms with Crippen molar-refractivity contribution in [3.63, 3.8) is 0 Å². The van der Waals surface area contributed by atoms with E-state index in [2.05, 4.69) is 25.1 Å². The Morgan fingerprint density at radius 3 is 2.62 bits per heavy atom. The zero-order valence-corrected chi connectivity index (χ0v) is 24.3. The van der Waals surface area contributed by atoms with Crippen LogP contribution in [-0.2, 0) is 9.53 Å². The summed E-state index contributed by atoms with van der Waals surface area (Å²) in [7, 11) is 0. The maximum atomic E-state index is 11.7. The van der Waals surface area contributed by atoms with Crippen LogP contribution in [0.5, 0.6) is 11.5 Å². The SMILES string of the molecule is CCOC(=O)/C=C/[C@@H]1CCCN(c2ccnc(Nc3cncc(N4CCC[C@@H](Oc5ccccc5OCC)C4)n3)n2)C1.